The van der Waals surface area contributed by atoms with Crippen LogP contribution in [0.1, 0.15) is 10.4 Å². The zero-order valence-corrected chi connectivity index (χ0v) is 10.0. The first-order chi connectivity index (χ1) is 8.61. The molecular weight excluding hydrogens is 254 g/mol. The second-order valence-electron chi connectivity index (χ2n) is 3.59. The molecule has 2 aromatic carbocycles. The molecule has 0 unspecified atom stereocenters. The molecule has 0 saturated carbocycles. The third kappa shape index (κ3) is 2.24. The Kier molecular flexibility index (Phi) is 3.39. The molecule has 4 nitrogen and oxygen atoms in total. The number of anilines is 2. The van der Waals surface area contributed by atoms with Gasteiger partial charge in [0.25, 0.3) is 0 Å². The number of benzene rings is 2. The van der Waals surface area contributed by atoms with Gasteiger partial charge in [-0.2, -0.15) is 0 Å². The molecule has 0 atom stereocenters. The number of carboxylic acid groups (broad SMARTS) is 1. The first-order valence-corrected chi connectivity index (χ1v) is 5.51. The van der Waals surface area contributed by atoms with Crippen LogP contribution in [0.15, 0.2) is 48.5 Å². The van der Waals surface area contributed by atoms with Crippen LogP contribution in [0, 0.1) is 0 Å². The van der Waals surface area contributed by atoms with E-state index in [4.69, 9.17) is 16.9 Å². The van der Waals surface area contributed by atoms with Crippen molar-refractivity contribution >= 4 is 29.1 Å². The number of carboxylic acids is 1. The smallest absolute Gasteiger partial charge is 0.338 e. The summed E-state index contributed by atoms with van der Waals surface area (Å²) in [5.74, 6) is -1.34. The summed E-state index contributed by atoms with van der Waals surface area (Å²) in [6.07, 6.45) is 0. The number of phenols is 1. The van der Waals surface area contributed by atoms with Crippen LogP contribution in [-0.2, 0) is 0 Å². The zero-order valence-electron chi connectivity index (χ0n) is 9.25. The van der Waals surface area contributed by atoms with Crippen molar-refractivity contribution in [1.82, 2.24) is 0 Å². The molecule has 0 aromatic heterocycles. The first-order valence-electron chi connectivity index (χ1n) is 5.17. The molecule has 0 heterocycles. The number of aromatic hydroxyl groups is 1. The number of halogens is 1. The average molecular weight is 264 g/mol. The normalized spacial score (nSPS) is 10.1. The van der Waals surface area contributed by atoms with E-state index in [1.165, 1.54) is 18.2 Å². The van der Waals surface area contributed by atoms with Gasteiger partial charge in [0.15, 0.2) is 0 Å². The Bertz CT molecular complexity index is 572. The molecule has 0 aliphatic heterocycles. The van der Waals surface area contributed by atoms with Crippen LogP contribution in [-0.4, -0.2) is 16.2 Å². The standard InChI is InChI=1S/C13H10ClNO3/c14-15(9-5-2-1-3-6-9)12-10(13(17)18)7-4-8-11(12)16/h1-8,16H,(H,17,18). The van der Waals surface area contributed by atoms with Crippen molar-refractivity contribution in [3.8, 4) is 5.75 Å². The molecule has 92 valence electrons. The van der Waals surface area contributed by atoms with Crippen LogP contribution in [0.5, 0.6) is 5.75 Å². The highest BCUT2D eigenvalue weighted by atomic mass is 35.5. The molecule has 0 amide bonds. The van der Waals surface area contributed by atoms with E-state index in [0.29, 0.717) is 5.69 Å². The summed E-state index contributed by atoms with van der Waals surface area (Å²) >= 11 is 6.10. The Morgan fingerprint density at radius 2 is 1.72 bits per heavy atom. The SMILES string of the molecule is O=C(O)c1cccc(O)c1N(Cl)c1ccccc1. The van der Waals surface area contributed by atoms with Gasteiger partial charge in [-0.25, -0.2) is 9.21 Å². The Morgan fingerprint density at radius 1 is 1.06 bits per heavy atom. The molecule has 18 heavy (non-hydrogen) atoms. The van der Waals surface area contributed by atoms with Gasteiger partial charge in [-0.1, -0.05) is 24.3 Å². The summed E-state index contributed by atoms with van der Waals surface area (Å²) in [4.78, 5) is 11.1. The van der Waals surface area contributed by atoms with E-state index in [1.54, 1.807) is 24.3 Å². The minimum absolute atomic E-state index is 0.0536. The van der Waals surface area contributed by atoms with Crippen LogP contribution in [0.4, 0.5) is 11.4 Å². The van der Waals surface area contributed by atoms with Crippen LogP contribution in [0.25, 0.3) is 0 Å². The highest BCUT2D eigenvalue weighted by Gasteiger charge is 2.19. The lowest BCUT2D eigenvalue weighted by atomic mass is 10.1. The summed E-state index contributed by atoms with van der Waals surface area (Å²) in [7, 11) is 0. The van der Waals surface area contributed by atoms with Crippen molar-refractivity contribution in [2.45, 2.75) is 0 Å². The number of rotatable bonds is 3. The van der Waals surface area contributed by atoms with E-state index in [9.17, 15) is 9.90 Å². The number of nitrogens with zero attached hydrogens (tertiary/aromatic N) is 1. The van der Waals surface area contributed by atoms with Gasteiger partial charge in [0.1, 0.15) is 11.4 Å². The quantitative estimate of drug-likeness (QED) is 0.834. The Labute approximate surface area is 109 Å². The van der Waals surface area contributed by atoms with E-state index < -0.39 is 5.97 Å². The van der Waals surface area contributed by atoms with Gasteiger partial charge >= 0.3 is 5.97 Å². The number of carbonyl (C=O) groups is 1. The molecule has 0 saturated heterocycles. The number of hydrogen-bond donors (Lipinski definition) is 2. The third-order valence-corrected chi connectivity index (χ3v) is 2.79. The van der Waals surface area contributed by atoms with Crippen LogP contribution >= 0.6 is 11.8 Å². The Morgan fingerprint density at radius 3 is 2.33 bits per heavy atom. The van der Waals surface area contributed by atoms with Crippen molar-refractivity contribution in [2.24, 2.45) is 0 Å². The molecule has 0 spiro atoms. The van der Waals surface area contributed by atoms with Crippen molar-refractivity contribution in [1.29, 1.82) is 0 Å². The molecule has 0 aliphatic carbocycles. The van der Waals surface area contributed by atoms with Gasteiger partial charge in [0, 0.05) is 11.8 Å². The second-order valence-corrected chi connectivity index (χ2v) is 3.93. The maximum Gasteiger partial charge on any atom is 0.338 e. The van der Waals surface area contributed by atoms with Gasteiger partial charge in [0.2, 0.25) is 0 Å². The zero-order chi connectivity index (χ0) is 13.1. The highest BCUT2D eigenvalue weighted by Crippen LogP contribution is 2.37. The third-order valence-electron chi connectivity index (χ3n) is 2.42. The predicted octanol–water partition coefficient (Wildman–Crippen LogP) is 3.38. The molecule has 5 heteroatoms. The first kappa shape index (κ1) is 12.3. The monoisotopic (exact) mass is 263 g/mol. The average Bonchev–Trinajstić information content (AvgIpc) is 2.38. The Balaban J connectivity index is 2.54. The lowest BCUT2D eigenvalue weighted by molar-refractivity contribution is 0.0697. The lowest BCUT2D eigenvalue weighted by Gasteiger charge is -2.18. The van der Waals surface area contributed by atoms with Gasteiger partial charge in [-0.05, 0) is 24.3 Å². The van der Waals surface area contributed by atoms with Gasteiger partial charge < -0.3 is 10.2 Å². The molecule has 0 aliphatic rings. The molecule has 2 N–H and O–H groups in total. The van der Waals surface area contributed by atoms with Crippen molar-refractivity contribution in [2.75, 3.05) is 4.42 Å². The minimum Gasteiger partial charge on any atom is -0.506 e. The van der Waals surface area contributed by atoms with Crippen LogP contribution in [0.3, 0.4) is 0 Å². The maximum atomic E-state index is 11.1. The molecular formula is C13H10ClNO3. The fraction of sp³-hybridized carbons (Fsp3) is 0. The maximum absolute atomic E-state index is 11.1. The van der Waals surface area contributed by atoms with Gasteiger partial charge in [-0.3, -0.25) is 0 Å². The molecule has 2 rings (SSSR count). The van der Waals surface area contributed by atoms with Crippen LogP contribution < -0.4 is 4.42 Å². The number of para-hydroxylation sites is 2. The largest absolute Gasteiger partial charge is 0.506 e. The molecule has 0 fully saturated rings. The van der Waals surface area contributed by atoms with E-state index >= 15 is 0 Å². The summed E-state index contributed by atoms with van der Waals surface area (Å²) in [6.45, 7) is 0. The molecule has 0 bridgehead atoms. The van der Waals surface area contributed by atoms with E-state index in [0.717, 1.165) is 4.42 Å². The van der Waals surface area contributed by atoms with E-state index in [1.807, 2.05) is 6.07 Å². The highest BCUT2D eigenvalue weighted by molar-refractivity contribution is 6.31. The second kappa shape index (κ2) is 4.98. The van der Waals surface area contributed by atoms with Gasteiger partial charge in [-0.15, -0.1) is 0 Å². The van der Waals surface area contributed by atoms with E-state index in [2.05, 4.69) is 0 Å². The van der Waals surface area contributed by atoms with E-state index in [-0.39, 0.29) is 17.0 Å². The lowest BCUT2D eigenvalue weighted by Crippen LogP contribution is -2.08. The number of phenolic OH excluding ortho intramolecular Hbond substituents is 1. The minimum atomic E-state index is -1.15. The fourth-order valence-electron chi connectivity index (χ4n) is 1.60. The summed E-state index contributed by atoms with van der Waals surface area (Å²) in [5, 5.41) is 18.9. The predicted molar refractivity (Wildman–Crippen MR) is 69.5 cm³/mol. The van der Waals surface area contributed by atoms with Crippen molar-refractivity contribution < 1.29 is 15.0 Å². The fourth-order valence-corrected chi connectivity index (χ4v) is 1.89. The Hall–Kier alpha value is -2.20. The van der Waals surface area contributed by atoms with Gasteiger partial charge in [0.05, 0.1) is 11.3 Å². The molecule has 2 aromatic rings. The van der Waals surface area contributed by atoms with Crippen molar-refractivity contribution in [3.63, 3.8) is 0 Å². The summed E-state index contributed by atoms with van der Waals surface area (Å²) in [5.41, 5.74) is 0.565. The molecule has 0 radical (unpaired) electrons. The topological polar surface area (TPSA) is 60.8 Å². The number of hydrogen-bond acceptors (Lipinski definition) is 3. The number of aromatic carboxylic acids is 1. The summed E-state index contributed by atoms with van der Waals surface area (Å²) < 4.78 is 1.12. The van der Waals surface area contributed by atoms with Crippen LogP contribution in [0.2, 0.25) is 0 Å². The van der Waals surface area contributed by atoms with Crippen molar-refractivity contribution in [3.05, 3.63) is 54.1 Å². The summed E-state index contributed by atoms with van der Waals surface area (Å²) in [6, 6.07) is 13.0.